The molecule has 3 aliphatic carbocycles. The molecule has 37 heavy (non-hydrogen) atoms. The minimum Gasteiger partial charge on any atom is -0.480 e. The van der Waals surface area contributed by atoms with E-state index in [1.54, 1.807) is 17.8 Å². The number of anilines is 2. The average molecular weight is 572 g/mol. The lowest BCUT2D eigenvalue weighted by Gasteiger charge is -2.25. The van der Waals surface area contributed by atoms with Crippen LogP contribution in [-0.4, -0.2) is 55.1 Å². The van der Waals surface area contributed by atoms with Crippen molar-refractivity contribution in [2.45, 2.75) is 55.6 Å². The SMILES string of the molecule is COc1cc(NNC(=S)N[C@H]2CCc3sc(NC(=O)[C@H]4C[C@@H]4F)c(S(=O)(=O)NCC4CC4)c3C2)n(C)n1. The van der Waals surface area contributed by atoms with Crippen molar-refractivity contribution in [2.75, 3.05) is 24.4 Å². The molecule has 0 radical (unpaired) electrons. The van der Waals surface area contributed by atoms with Crippen LogP contribution in [0.3, 0.4) is 0 Å². The van der Waals surface area contributed by atoms with Gasteiger partial charge in [-0.2, -0.15) is 0 Å². The third-order valence-electron chi connectivity index (χ3n) is 6.73. The van der Waals surface area contributed by atoms with Gasteiger partial charge in [0.1, 0.15) is 21.9 Å². The van der Waals surface area contributed by atoms with Crippen LogP contribution in [0.5, 0.6) is 5.88 Å². The number of nitrogens with one attached hydrogen (secondary N) is 5. The van der Waals surface area contributed by atoms with E-state index in [4.69, 9.17) is 17.0 Å². The first-order chi connectivity index (χ1) is 17.6. The van der Waals surface area contributed by atoms with Crippen molar-refractivity contribution in [1.29, 1.82) is 0 Å². The Morgan fingerprint density at radius 2 is 2.11 bits per heavy atom. The molecule has 11 nitrogen and oxygen atoms in total. The Hall–Kier alpha value is -2.49. The van der Waals surface area contributed by atoms with Gasteiger partial charge in [0, 0.05) is 30.6 Å². The number of halogens is 1. The molecule has 2 saturated carbocycles. The summed E-state index contributed by atoms with van der Waals surface area (Å²) in [6.45, 7) is 0.371. The fraction of sp³-hybridized carbons (Fsp3) is 0.591. The second-order valence-corrected chi connectivity index (χ2v) is 12.9. The number of thiocarbonyl (C=S) groups is 1. The maximum atomic E-state index is 13.5. The van der Waals surface area contributed by atoms with Crippen LogP contribution < -0.4 is 30.9 Å². The van der Waals surface area contributed by atoms with Crippen LogP contribution >= 0.6 is 23.6 Å². The van der Waals surface area contributed by atoms with E-state index in [0.29, 0.717) is 47.7 Å². The van der Waals surface area contributed by atoms with Gasteiger partial charge in [0.25, 0.3) is 0 Å². The van der Waals surface area contributed by atoms with Crippen molar-refractivity contribution in [3.8, 4) is 5.88 Å². The third kappa shape index (κ3) is 5.99. The van der Waals surface area contributed by atoms with Crippen molar-refractivity contribution >= 4 is 55.4 Å². The number of carbonyl (C=O) groups is 1. The molecule has 3 atom stereocenters. The van der Waals surface area contributed by atoms with Crippen molar-refractivity contribution in [3.05, 3.63) is 16.5 Å². The topological polar surface area (TPSA) is 138 Å². The summed E-state index contributed by atoms with van der Waals surface area (Å²) in [6, 6.07) is 1.59. The fourth-order valence-corrected chi connectivity index (χ4v) is 7.61. The maximum Gasteiger partial charge on any atom is 0.243 e. The summed E-state index contributed by atoms with van der Waals surface area (Å²) in [6.07, 6.45) is 2.79. The van der Waals surface area contributed by atoms with Crippen LogP contribution in [0, 0.1) is 11.8 Å². The standard InChI is InChI=1S/C22H30FN7O4S3/c1-30-17(9-18(29-30)34-2)27-28-22(35)25-12-5-6-16-14(7-12)19(37(32,33)24-10-11-3-4-11)21(36-16)26-20(31)13-8-15(13)23/h9,11-13,15,24,27H,3-8,10H2,1-2H3,(H,26,31)(H2,25,28,35)/t12-,13-,15-/m0/s1. The third-order valence-corrected chi connectivity index (χ3v) is 9.82. The number of nitrogens with zero attached hydrogens (tertiary/aromatic N) is 2. The molecule has 0 spiro atoms. The highest BCUT2D eigenvalue weighted by Gasteiger charge is 2.44. The quantitative estimate of drug-likeness (QED) is 0.214. The molecule has 15 heteroatoms. The van der Waals surface area contributed by atoms with Crippen LogP contribution in [0.4, 0.5) is 15.2 Å². The Morgan fingerprint density at radius 3 is 2.76 bits per heavy atom. The number of thiophene rings is 1. The first kappa shape index (κ1) is 26.1. The van der Waals surface area contributed by atoms with Crippen molar-refractivity contribution in [2.24, 2.45) is 18.9 Å². The molecular weight excluding hydrogens is 541 g/mol. The van der Waals surface area contributed by atoms with E-state index in [2.05, 4.69) is 31.3 Å². The van der Waals surface area contributed by atoms with E-state index >= 15 is 0 Å². The molecular formula is C22H30FN7O4S3. The zero-order valence-electron chi connectivity index (χ0n) is 20.5. The highest BCUT2D eigenvalue weighted by atomic mass is 32.2. The molecule has 3 aliphatic rings. The zero-order valence-corrected chi connectivity index (χ0v) is 22.9. The molecule has 2 heterocycles. The number of hydrazine groups is 1. The minimum absolute atomic E-state index is 0.100. The molecule has 2 aromatic heterocycles. The van der Waals surface area contributed by atoms with Crippen LogP contribution in [0.15, 0.2) is 11.0 Å². The van der Waals surface area contributed by atoms with Gasteiger partial charge in [-0.25, -0.2) is 22.2 Å². The van der Waals surface area contributed by atoms with Crippen molar-refractivity contribution in [3.63, 3.8) is 0 Å². The summed E-state index contributed by atoms with van der Waals surface area (Å²) in [5.74, 6) is 0.275. The largest absolute Gasteiger partial charge is 0.480 e. The summed E-state index contributed by atoms with van der Waals surface area (Å²) in [5.41, 5.74) is 6.57. The molecule has 5 rings (SSSR count). The first-order valence-electron chi connectivity index (χ1n) is 12.1. The average Bonchev–Trinajstić information content (AvgIpc) is 3.75. The lowest BCUT2D eigenvalue weighted by atomic mass is 9.94. The minimum atomic E-state index is -3.87. The molecule has 0 aliphatic heterocycles. The van der Waals surface area contributed by atoms with Crippen molar-refractivity contribution in [1.82, 2.24) is 25.2 Å². The monoisotopic (exact) mass is 571 g/mol. The van der Waals surface area contributed by atoms with Gasteiger partial charge in [-0.1, -0.05) is 0 Å². The number of ether oxygens (including phenoxy) is 1. The fourth-order valence-electron chi connectivity index (χ4n) is 4.31. The smallest absolute Gasteiger partial charge is 0.243 e. The first-order valence-corrected chi connectivity index (χ1v) is 14.8. The predicted octanol–water partition coefficient (Wildman–Crippen LogP) is 1.82. The molecule has 0 saturated heterocycles. The number of hydrogen-bond acceptors (Lipinski definition) is 8. The lowest BCUT2D eigenvalue weighted by molar-refractivity contribution is -0.117. The Balaban J connectivity index is 1.29. The molecule has 2 fully saturated rings. The number of aryl methyl sites for hydroxylation is 2. The molecule has 202 valence electrons. The van der Waals surface area contributed by atoms with Gasteiger partial charge in [-0.3, -0.25) is 15.6 Å². The van der Waals surface area contributed by atoms with Gasteiger partial charge in [0.2, 0.25) is 21.8 Å². The second-order valence-electron chi connectivity index (χ2n) is 9.66. The van der Waals surface area contributed by atoms with Crippen LogP contribution in [0.25, 0.3) is 0 Å². The van der Waals surface area contributed by atoms with Crippen molar-refractivity contribution < 1.29 is 22.3 Å². The number of hydrogen-bond donors (Lipinski definition) is 5. The van der Waals surface area contributed by atoms with Gasteiger partial charge < -0.3 is 15.4 Å². The highest BCUT2D eigenvalue weighted by Crippen LogP contribution is 2.43. The summed E-state index contributed by atoms with van der Waals surface area (Å²) in [4.78, 5) is 13.5. The van der Waals surface area contributed by atoms with Gasteiger partial charge >= 0.3 is 0 Å². The van der Waals surface area contributed by atoms with E-state index in [1.165, 1.54) is 18.4 Å². The number of methoxy groups -OCH3 is 1. The van der Waals surface area contributed by atoms with Crippen LogP contribution in [0.1, 0.15) is 36.1 Å². The van der Waals surface area contributed by atoms with Gasteiger partial charge in [0.05, 0.1) is 13.0 Å². The van der Waals surface area contributed by atoms with Gasteiger partial charge in [0.15, 0.2) is 5.11 Å². The predicted molar refractivity (Wildman–Crippen MR) is 142 cm³/mol. The Labute approximate surface area is 223 Å². The number of fused-ring (bicyclic) bond motifs is 1. The highest BCUT2D eigenvalue weighted by molar-refractivity contribution is 7.90. The van der Waals surface area contributed by atoms with Crippen LogP contribution in [0.2, 0.25) is 0 Å². The number of carbonyl (C=O) groups excluding carboxylic acids is 1. The van der Waals surface area contributed by atoms with Crippen LogP contribution in [-0.2, 0) is 34.7 Å². The summed E-state index contributed by atoms with van der Waals surface area (Å²) < 4.78 is 49.6. The Kier molecular flexibility index (Phi) is 7.31. The summed E-state index contributed by atoms with van der Waals surface area (Å²) in [7, 11) is -0.579. The second kappa shape index (κ2) is 10.3. The Bertz CT molecular complexity index is 1310. The number of aromatic nitrogens is 2. The molecule has 0 bridgehead atoms. The van der Waals surface area contributed by atoms with E-state index in [9.17, 15) is 17.6 Å². The molecule has 0 unspecified atom stereocenters. The molecule has 2 aromatic rings. The van der Waals surface area contributed by atoms with E-state index in [-0.39, 0.29) is 22.4 Å². The lowest BCUT2D eigenvalue weighted by Crippen LogP contribution is -2.46. The summed E-state index contributed by atoms with van der Waals surface area (Å²) in [5, 5.41) is 10.7. The number of amides is 1. The number of alkyl halides is 1. The normalized spacial score (nSPS) is 22.6. The maximum absolute atomic E-state index is 13.5. The molecule has 5 N–H and O–H groups in total. The number of sulfonamides is 1. The molecule has 1 amide bonds. The molecule has 0 aromatic carbocycles. The van der Waals surface area contributed by atoms with E-state index in [0.717, 1.165) is 24.1 Å². The summed E-state index contributed by atoms with van der Waals surface area (Å²) >= 11 is 6.70. The Morgan fingerprint density at radius 1 is 1.35 bits per heavy atom. The van der Waals surface area contributed by atoms with E-state index in [1.807, 2.05) is 0 Å². The van der Waals surface area contributed by atoms with E-state index < -0.39 is 28.0 Å². The number of rotatable bonds is 10. The van der Waals surface area contributed by atoms with Gasteiger partial charge in [-0.05, 0) is 62.2 Å². The zero-order chi connectivity index (χ0) is 26.3. The van der Waals surface area contributed by atoms with Gasteiger partial charge in [-0.15, -0.1) is 16.4 Å².